The molecule has 5 nitrogen and oxygen atoms in total. The zero-order chi connectivity index (χ0) is 19.6. The first-order valence-corrected chi connectivity index (χ1v) is 9.24. The van der Waals surface area contributed by atoms with Crippen LogP contribution in [-0.2, 0) is 11.2 Å². The number of esters is 1. The van der Waals surface area contributed by atoms with Gasteiger partial charge >= 0.3 is 12.1 Å². The number of carbonyl (C=O) groups is 2. The molecule has 5 heteroatoms. The molecule has 0 aromatic heterocycles. The number of aryl methyl sites for hydroxylation is 1. The number of hydrogen-bond donors (Lipinski definition) is 0. The van der Waals surface area contributed by atoms with Crippen molar-refractivity contribution in [3.8, 4) is 11.5 Å². The fourth-order valence-electron chi connectivity index (χ4n) is 2.32. The van der Waals surface area contributed by atoms with Gasteiger partial charge in [0.1, 0.15) is 0 Å². The number of ether oxygens (including phenoxy) is 3. The Morgan fingerprint density at radius 3 is 2.15 bits per heavy atom. The summed E-state index contributed by atoms with van der Waals surface area (Å²) in [5.74, 6) is -0.00668. The van der Waals surface area contributed by atoms with E-state index in [-0.39, 0.29) is 24.0 Å². The molecule has 2 aromatic carbocycles. The van der Waals surface area contributed by atoms with Gasteiger partial charge in [-0.25, -0.2) is 9.59 Å². The van der Waals surface area contributed by atoms with Gasteiger partial charge in [-0.3, -0.25) is 0 Å². The molecule has 27 heavy (non-hydrogen) atoms. The number of benzene rings is 2. The number of unbranched alkanes of at least 4 members (excludes halogenated alkanes) is 1. The Bertz CT molecular complexity index is 750. The molecule has 0 fully saturated rings. The van der Waals surface area contributed by atoms with Crippen LogP contribution in [0.3, 0.4) is 0 Å². The Morgan fingerprint density at radius 1 is 0.926 bits per heavy atom. The zero-order valence-electron chi connectivity index (χ0n) is 16.1. The molecule has 0 bridgehead atoms. The van der Waals surface area contributed by atoms with Gasteiger partial charge in [-0.15, -0.1) is 0 Å². The van der Waals surface area contributed by atoms with Gasteiger partial charge in [0.15, 0.2) is 11.5 Å². The van der Waals surface area contributed by atoms with Gasteiger partial charge in [0.25, 0.3) is 0 Å². The maximum atomic E-state index is 12.4. The van der Waals surface area contributed by atoms with E-state index < -0.39 is 12.1 Å². The van der Waals surface area contributed by atoms with Crippen molar-refractivity contribution in [2.75, 3.05) is 6.61 Å². The normalized spacial score (nSPS) is 10.5. The van der Waals surface area contributed by atoms with Crippen molar-refractivity contribution in [1.82, 2.24) is 0 Å². The molecule has 144 valence electrons. The summed E-state index contributed by atoms with van der Waals surface area (Å²) in [5.41, 5.74) is 1.62. The van der Waals surface area contributed by atoms with Gasteiger partial charge in [0.2, 0.25) is 0 Å². The first-order chi connectivity index (χ1) is 13.0. The standard InChI is InChI=1S/C22H26O5/c1-4-5-8-17-11-13-18(14-12-17)21(23)26-19-9-6-7-10-20(19)27-22(24)25-15-16(2)3/h6-7,9-14,16H,4-5,8,15H2,1-3H3. The molecule has 0 saturated heterocycles. The van der Waals surface area contributed by atoms with E-state index in [0.717, 1.165) is 19.3 Å². The highest BCUT2D eigenvalue weighted by Crippen LogP contribution is 2.27. The molecule has 0 spiro atoms. The maximum Gasteiger partial charge on any atom is 0.513 e. The quantitative estimate of drug-likeness (QED) is 0.353. The van der Waals surface area contributed by atoms with Crippen LogP contribution < -0.4 is 9.47 Å². The molecule has 2 aromatic rings. The molecule has 0 aliphatic heterocycles. The van der Waals surface area contributed by atoms with Crippen LogP contribution in [0.1, 0.15) is 49.5 Å². The van der Waals surface area contributed by atoms with Gasteiger partial charge in [0.05, 0.1) is 12.2 Å². The number of para-hydroxylation sites is 2. The summed E-state index contributed by atoms with van der Waals surface area (Å²) in [4.78, 5) is 24.2. The molecule has 0 atom stereocenters. The van der Waals surface area contributed by atoms with Gasteiger partial charge < -0.3 is 14.2 Å². The van der Waals surface area contributed by atoms with Crippen molar-refractivity contribution in [1.29, 1.82) is 0 Å². The minimum Gasteiger partial charge on any atom is -0.434 e. The average Bonchev–Trinajstić information content (AvgIpc) is 2.66. The lowest BCUT2D eigenvalue weighted by Crippen LogP contribution is -2.15. The fourth-order valence-corrected chi connectivity index (χ4v) is 2.32. The second kappa shape index (κ2) is 10.4. The molecule has 2 rings (SSSR count). The van der Waals surface area contributed by atoms with Crippen molar-refractivity contribution in [3.63, 3.8) is 0 Å². The third-order valence-electron chi connectivity index (χ3n) is 3.79. The summed E-state index contributed by atoms with van der Waals surface area (Å²) >= 11 is 0. The molecule has 0 heterocycles. The number of carbonyl (C=O) groups excluding carboxylic acids is 2. The zero-order valence-corrected chi connectivity index (χ0v) is 16.1. The largest absolute Gasteiger partial charge is 0.513 e. The first-order valence-electron chi connectivity index (χ1n) is 9.24. The van der Waals surface area contributed by atoms with Gasteiger partial charge in [-0.2, -0.15) is 0 Å². The predicted octanol–water partition coefficient (Wildman–Crippen LogP) is 5.42. The fraction of sp³-hybridized carbons (Fsp3) is 0.364. The lowest BCUT2D eigenvalue weighted by Gasteiger charge is -2.11. The summed E-state index contributed by atoms with van der Waals surface area (Å²) in [5, 5.41) is 0. The van der Waals surface area contributed by atoms with E-state index in [1.165, 1.54) is 5.56 Å². The van der Waals surface area contributed by atoms with Crippen molar-refractivity contribution >= 4 is 12.1 Å². The number of hydrogen-bond acceptors (Lipinski definition) is 5. The minimum absolute atomic E-state index is 0.138. The summed E-state index contributed by atoms with van der Waals surface area (Å²) in [6.07, 6.45) is 2.40. The molecule has 0 aliphatic rings. The van der Waals surface area contributed by atoms with E-state index in [2.05, 4.69) is 6.92 Å². The molecule has 0 N–H and O–H groups in total. The molecular weight excluding hydrogens is 344 g/mol. The van der Waals surface area contributed by atoms with Crippen LogP contribution >= 0.6 is 0 Å². The number of rotatable bonds is 8. The summed E-state index contributed by atoms with van der Waals surface area (Å²) in [6.45, 7) is 6.25. The van der Waals surface area contributed by atoms with Crippen LogP contribution in [0.5, 0.6) is 11.5 Å². The lowest BCUT2D eigenvalue weighted by atomic mass is 10.1. The van der Waals surface area contributed by atoms with E-state index >= 15 is 0 Å². The summed E-state index contributed by atoms with van der Waals surface area (Å²) in [6, 6.07) is 13.8. The second-order valence-electron chi connectivity index (χ2n) is 6.69. The van der Waals surface area contributed by atoms with Crippen molar-refractivity contribution < 1.29 is 23.8 Å². The molecule has 0 saturated carbocycles. The lowest BCUT2D eigenvalue weighted by molar-refractivity contribution is 0.0708. The van der Waals surface area contributed by atoms with Gasteiger partial charge in [-0.1, -0.05) is 51.5 Å². The SMILES string of the molecule is CCCCc1ccc(C(=O)Oc2ccccc2OC(=O)OCC(C)C)cc1. The highest BCUT2D eigenvalue weighted by Gasteiger charge is 2.15. The van der Waals surface area contributed by atoms with Gasteiger partial charge in [0, 0.05) is 0 Å². The van der Waals surface area contributed by atoms with E-state index in [4.69, 9.17) is 14.2 Å². The van der Waals surface area contributed by atoms with Crippen LogP contribution in [0.25, 0.3) is 0 Å². The smallest absolute Gasteiger partial charge is 0.434 e. The maximum absolute atomic E-state index is 12.4. The van der Waals surface area contributed by atoms with Crippen LogP contribution in [0.4, 0.5) is 4.79 Å². The third-order valence-corrected chi connectivity index (χ3v) is 3.79. The monoisotopic (exact) mass is 370 g/mol. The Morgan fingerprint density at radius 2 is 1.56 bits per heavy atom. The Balaban J connectivity index is 2.02. The summed E-state index contributed by atoms with van der Waals surface area (Å²) in [7, 11) is 0. The van der Waals surface area contributed by atoms with E-state index in [1.54, 1.807) is 36.4 Å². The van der Waals surface area contributed by atoms with Crippen LogP contribution in [0.15, 0.2) is 48.5 Å². The van der Waals surface area contributed by atoms with E-state index in [9.17, 15) is 9.59 Å². The Kier molecular flexibility index (Phi) is 7.86. The van der Waals surface area contributed by atoms with E-state index in [1.807, 2.05) is 26.0 Å². The van der Waals surface area contributed by atoms with Crippen molar-refractivity contribution in [2.45, 2.75) is 40.0 Å². The summed E-state index contributed by atoms with van der Waals surface area (Å²) < 4.78 is 15.6. The minimum atomic E-state index is -0.826. The van der Waals surface area contributed by atoms with Crippen LogP contribution in [0.2, 0.25) is 0 Å². The Hall–Kier alpha value is -2.82. The third kappa shape index (κ3) is 6.77. The first kappa shape index (κ1) is 20.5. The molecule has 0 radical (unpaired) electrons. The molecule has 0 unspecified atom stereocenters. The highest BCUT2D eigenvalue weighted by atomic mass is 16.7. The predicted molar refractivity (Wildman–Crippen MR) is 103 cm³/mol. The van der Waals surface area contributed by atoms with Crippen LogP contribution in [-0.4, -0.2) is 18.7 Å². The van der Waals surface area contributed by atoms with Gasteiger partial charge in [-0.05, 0) is 48.6 Å². The Labute approximate surface area is 160 Å². The van der Waals surface area contributed by atoms with Crippen LogP contribution in [0, 0.1) is 5.92 Å². The van der Waals surface area contributed by atoms with Crippen molar-refractivity contribution in [2.24, 2.45) is 5.92 Å². The van der Waals surface area contributed by atoms with E-state index in [0.29, 0.717) is 5.56 Å². The molecule has 0 amide bonds. The molecule has 0 aliphatic carbocycles. The highest BCUT2D eigenvalue weighted by molar-refractivity contribution is 5.91. The topological polar surface area (TPSA) is 61.8 Å². The average molecular weight is 370 g/mol. The molecular formula is C22H26O5. The second-order valence-corrected chi connectivity index (χ2v) is 6.69. The van der Waals surface area contributed by atoms with Crippen molar-refractivity contribution in [3.05, 3.63) is 59.7 Å².